The number of nitrogens with zero attached hydrogens (tertiary/aromatic N) is 1. The fourth-order valence-electron chi connectivity index (χ4n) is 2.16. The van der Waals surface area contributed by atoms with E-state index in [9.17, 15) is 0 Å². The molecule has 2 rings (SSSR count). The van der Waals surface area contributed by atoms with Crippen LogP contribution < -0.4 is 5.32 Å². The summed E-state index contributed by atoms with van der Waals surface area (Å²) >= 11 is 0. The summed E-state index contributed by atoms with van der Waals surface area (Å²) in [5, 5.41) is 3.54. The number of aryl methyl sites for hydroxylation is 1. The minimum Gasteiger partial charge on any atom is -0.379 e. The molecule has 0 atom stereocenters. The molecule has 2 heteroatoms. The van der Waals surface area contributed by atoms with Crippen LogP contribution in [0.3, 0.4) is 0 Å². The van der Waals surface area contributed by atoms with E-state index in [1.54, 1.807) is 0 Å². The Balaban J connectivity index is 2.17. The highest BCUT2D eigenvalue weighted by atomic mass is 15.0. The standard InChI is InChI=1S/C16H22N2/c1-16(2,3)14-9-5-6-10-15(14)17-12-13-8-7-11-18(13)4/h5-11,17H,12H2,1-4H3. The van der Waals surface area contributed by atoms with Crippen LogP contribution in [0.4, 0.5) is 5.69 Å². The average molecular weight is 242 g/mol. The Morgan fingerprint density at radius 1 is 1.06 bits per heavy atom. The summed E-state index contributed by atoms with van der Waals surface area (Å²) in [6, 6.07) is 12.8. The van der Waals surface area contributed by atoms with Crippen molar-refractivity contribution in [2.75, 3.05) is 5.32 Å². The molecule has 0 fully saturated rings. The summed E-state index contributed by atoms with van der Waals surface area (Å²) in [4.78, 5) is 0. The number of nitrogens with one attached hydrogen (secondary N) is 1. The Hall–Kier alpha value is -1.70. The second-order valence-corrected chi connectivity index (χ2v) is 5.76. The highest BCUT2D eigenvalue weighted by molar-refractivity contribution is 5.54. The lowest BCUT2D eigenvalue weighted by molar-refractivity contribution is 0.591. The summed E-state index contributed by atoms with van der Waals surface area (Å²) in [5.41, 5.74) is 4.04. The molecule has 0 saturated heterocycles. The predicted molar refractivity (Wildman–Crippen MR) is 77.9 cm³/mol. The first kappa shape index (κ1) is 12.7. The maximum absolute atomic E-state index is 3.54. The number of aromatic nitrogens is 1. The van der Waals surface area contributed by atoms with Gasteiger partial charge in [0.25, 0.3) is 0 Å². The molecule has 0 spiro atoms. The topological polar surface area (TPSA) is 17.0 Å². The molecule has 18 heavy (non-hydrogen) atoms. The van der Waals surface area contributed by atoms with Crippen LogP contribution in [0.2, 0.25) is 0 Å². The van der Waals surface area contributed by atoms with E-state index in [0.717, 1.165) is 6.54 Å². The summed E-state index contributed by atoms with van der Waals surface area (Å²) in [6.45, 7) is 7.60. The largest absolute Gasteiger partial charge is 0.379 e. The van der Waals surface area contributed by atoms with E-state index >= 15 is 0 Å². The molecular weight excluding hydrogens is 220 g/mol. The van der Waals surface area contributed by atoms with Crippen LogP contribution in [0.5, 0.6) is 0 Å². The fraction of sp³-hybridized carbons (Fsp3) is 0.375. The Morgan fingerprint density at radius 2 is 1.78 bits per heavy atom. The Labute approximate surface area is 110 Å². The van der Waals surface area contributed by atoms with Gasteiger partial charge in [-0.05, 0) is 29.2 Å². The van der Waals surface area contributed by atoms with Crippen LogP contribution in [-0.4, -0.2) is 4.57 Å². The van der Waals surface area contributed by atoms with Crippen molar-refractivity contribution in [3.8, 4) is 0 Å². The van der Waals surface area contributed by atoms with Crippen molar-refractivity contribution < 1.29 is 0 Å². The van der Waals surface area contributed by atoms with E-state index in [2.05, 4.69) is 80.3 Å². The molecule has 1 aromatic carbocycles. The van der Waals surface area contributed by atoms with Crippen molar-refractivity contribution in [1.82, 2.24) is 4.57 Å². The smallest absolute Gasteiger partial charge is 0.0553 e. The molecule has 0 unspecified atom stereocenters. The Kier molecular flexibility index (Phi) is 3.46. The average Bonchev–Trinajstić information content (AvgIpc) is 2.71. The predicted octanol–water partition coefficient (Wildman–Crippen LogP) is 3.93. The van der Waals surface area contributed by atoms with Crippen molar-refractivity contribution in [2.45, 2.75) is 32.7 Å². The molecule has 0 aliphatic rings. The van der Waals surface area contributed by atoms with Crippen LogP contribution >= 0.6 is 0 Å². The van der Waals surface area contributed by atoms with Crippen molar-refractivity contribution in [1.29, 1.82) is 0 Å². The molecule has 0 bridgehead atoms. The molecule has 1 N–H and O–H groups in total. The zero-order valence-corrected chi connectivity index (χ0v) is 11.7. The van der Waals surface area contributed by atoms with Gasteiger partial charge in [0.15, 0.2) is 0 Å². The minimum absolute atomic E-state index is 0.164. The molecule has 96 valence electrons. The molecular formula is C16H22N2. The van der Waals surface area contributed by atoms with E-state index < -0.39 is 0 Å². The van der Waals surface area contributed by atoms with Gasteiger partial charge in [-0.2, -0.15) is 0 Å². The van der Waals surface area contributed by atoms with Gasteiger partial charge in [-0.1, -0.05) is 39.0 Å². The molecule has 0 aliphatic carbocycles. The van der Waals surface area contributed by atoms with E-state index in [4.69, 9.17) is 0 Å². The molecule has 0 aliphatic heterocycles. The highest BCUT2D eigenvalue weighted by Crippen LogP contribution is 2.29. The lowest BCUT2D eigenvalue weighted by Crippen LogP contribution is -2.15. The van der Waals surface area contributed by atoms with Crippen molar-refractivity contribution >= 4 is 5.69 Å². The minimum atomic E-state index is 0.164. The number of anilines is 1. The molecule has 2 aromatic rings. The van der Waals surface area contributed by atoms with Crippen molar-refractivity contribution in [3.63, 3.8) is 0 Å². The van der Waals surface area contributed by atoms with Gasteiger partial charge >= 0.3 is 0 Å². The van der Waals surface area contributed by atoms with E-state index in [1.807, 2.05) is 0 Å². The van der Waals surface area contributed by atoms with Gasteiger partial charge in [-0.25, -0.2) is 0 Å². The normalized spacial score (nSPS) is 11.6. The quantitative estimate of drug-likeness (QED) is 0.862. The number of hydrogen-bond acceptors (Lipinski definition) is 1. The van der Waals surface area contributed by atoms with Crippen molar-refractivity contribution in [2.24, 2.45) is 7.05 Å². The number of rotatable bonds is 3. The van der Waals surface area contributed by atoms with Gasteiger partial charge in [0.05, 0.1) is 6.54 Å². The molecule has 0 radical (unpaired) electrons. The van der Waals surface area contributed by atoms with Gasteiger partial charge < -0.3 is 9.88 Å². The van der Waals surface area contributed by atoms with Crippen LogP contribution in [-0.2, 0) is 19.0 Å². The maximum Gasteiger partial charge on any atom is 0.0553 e. The third-order valence-corrected chi connectivity index (χ3v) is 3.25. The number of hydrogen-bond donors (Lipinski definition) is 1. The molecule has 0 amide bonds. The van der Waals surface area contributed by atoms with Gasteiger partial charge in [-0.15, -0.1) is 0 Å². The molecule has 1 aromatic heterocycles. The van der Waals surface area contributed by atoms with Gasteiger partial charge in [-0.3, -0.25) is 0 Å². The Bertz CT molecular complexity index is 518. The van der Waals surface area contributed by atoms with Gasteiger partial charge in [0.1, 0.15) is 0 Å². The summed E-state index contributed by atoms with van der Waals surface area (Å²) in [6.07, 6.45) is 2.08. The Morgan fingerprint density at radius 3 is 2.39 bits per heavy atom. The first-order chi connectivity index (χ1) is 8.48. The highest BCUT2D eigenvalue weighted by Gasteiger charge is 2.17. The van der Waals surface area contributed by atoms with Crippen LogP contribution in [0, 0.1) is 0 Å². The van der Waals surface area contributed by atoms with E-state index in [1.165, 1.54) is 16.9 Å². The maximum atomic E-state index is 3.54. The summed E-state index contributed by atoms with van der Waals surface area (Å²) in [5.74, 6) is 0. The second-order valence-electron chi connectivity index (χ2n) is 5.76. The molecule has 2 nitrogen and oxygen atoms in total. The first-order valence-electron chi connectivity index (χ1n) is 6.42. The fourth-order valence-corrected chi connectivity index (χ4v) is 2.16. The SMILES string of the molecule is Cn1cccc1CNc1ccccc1C(C)(C)C. The monoisotopic (exact) mass is 242 g/mol. The van der Waals surface area contributed by atoms with E-state index in [0.29, 0.717) is 0 Å². The van der Waals surface area contributed by atoms with E-state index in [-0.39, 0.29) is 5.41 Å². The van der Waals surface area contributed by atoms with Gasteiger partial charge in [0, 0.05) is 24.6 Å². The van der Waals surface area contributed by atoms with Crippen LogP contribution in [0.1, 0.15) is 32.0 Å². The third kappa shape index (κ3) is 2.76. The third-order valence-electron chi connectivity index (χ3n) is 3.25. The first-order valence-corrected chi connectivity index (χ1v) is 6.42. The lowest BCUT2D eigenvalue weighted by Gasteiger charge is -2.23. The van der Waals surface area contributed by atoms with Crippen molar-refractivity contribution in [3.05, 3.63) is 53.9 Å². The van der Waals surface area contributed by atoms with Crippen LogP contribution in [0.15, 0.2) is 42.6 Å². The number of benzene rings is 1. The molecule has 0 saturated carbocycles. The summed E-state index contributed by atoms with van der Waals surface area (Å²) < 4.78 is 2.15. The number of para-hydroxylation sites is 1. The zero-order valence-electron chi connectivity index (χ0n) is 11.7. The van der Waals surface area contributed by atoms with Crippen LogP contribution in [0.25, 0.3) is 0 Å². The molecule has 1 heterocycles. The zero-order chi connectivity index (χ0) is 13.2. The second kappa shape index (κ2) is 4.89. The summed E-state index contributed by atoms with van der Waals surface area (Å²) in [7, 11) is 2.08. The van der Waals surface area contributed by atoms with Gasteiger partial charge in [0.2, 0.25) is 0 Å². The lowest BCUT2D eigenvalue weighted by atomic mass is 9.86.